The van der Waals surface area contributed by atoms with E-state index in [1.807, 2.05) is 4.57 Å². The molecule has 1 fully saturated rings. The Morgan fingerprint density at radius 3 is 3.12 bits per heavy atom. The van der Waals surface area contributed by atoms with E-state index in [1.165, 1.54) is 0 Å². The number of carbonyl (C=O) groups is 1. The Kier molecular flexibility index (Phi) is 3.24. The maximum absolute atomic E-state index is 11.2. The molecule has 0 bridgehead atoms. The average molecular weight is 224 g/mol. The van der Waals surface area contributed by atoms with Gasteiger partial charge in [0.25, 0.3) is 0 Å². The van der Waals surface area contributed by atoms with E-state index in [9.17, 15) is 9.90 Å². The first-order valence-corrected chi connectivity index (χ1v) is 5.57. The highest BCUT2D eigenvalue weighted by atomic mass is 16.5. The topological polar surface area (TPSA) is 64.3 Å². The van der Waals surface area contributed by atoms with Gasteiger partial charge in [0, 0.05) is 6.04 Å². The molecule has 0 radical (unpaired) electrons. The molecular weight excluding hydrogens is 208 g/mol. The summed E-state index contributed by atoms with van der Waals surface area (Å²) >= 11 is 0. The van der Waals surface area contributed by atoms with Crippen LogP contribution in [-0.4, -0.2) is 27.2 Å². The zero-order valence-corrected chi connectivity index (χ0v) is 9.30. The number of nitrogens with zero attached hydrogens (tertiary/aromatic N) is 2. The molecule has 1 aromatic rings. The predicted molar refractivity (Wildman–Crippen MR) is 56.7 cm³/mol. The summed E-state index contributed by atoms with van der Waals surface area (Å²) in [5, 5.41) is 9.90. The lowest BCUT2D eigenvalue weighted by Gasteiger charge is -2.12. The number of rotatable bonds is 5. The van der Waals surface area contributed by atoms with Crippen molar-refractivity contribution < 1.29 is 14.6 Å². The van der Waals surface area contributed by atoms with E-state index in [1.54, 1.807) is 19.4 Å². The van der Waals surface area contributed by atoms with Crippen LogP contribution >= 0.6 is 0 Å². The van der Waals surface area contributed by atoms with Gasteiger partial charge in [-0.1, -0.05) is 0 Å². The largest absolute Gasteiger partial charge is 0.466 e. The molecule has 0 aromatic carbocycles. The summed E-state index contributed by atoms with van der Waals surface area (Å²) in [5.41, 5.74) is 0.704. The van der Waals surface area contributed by atoms with Crippen LogP contribution in [0.2, 0.25) is 0 Å². The SMILES string of the molecule is CCOC(=O)CC(O)c1cncn1C1CC1. The molecule has 5 nitrogen and oxygen atoms in total. The van der Waals surface area contributed by atoms with Crippen molar-refractivity contribution in [1.82, 2.24) is 9.55 Å². The molecule has 0 saturated heterocycles. The molecule has 1 N–H and O–H groups in total. The second-order valence-electron chi connectivity index (χ2n) is 3.98. The highest BCUT2D eigenvalue weighted by Crippen LogP contribution is 2.37. The Labute approximate surface area is 94.1 Å². The van der Waals surface area contributed by atoms with Crippen molar-refractivity contribution in [3.63, 3.8) is 0 Å². The van der Waals surface area contributed by atoms with Crippen LogP contribution in [0, 0.1) is 0 Å². The normalized spacial score (nSPS) is 17.1. The van der Waals surface area contributed by atoms with Gasteiger partial charge in [0.1, 0.15) is 6.10 Å². The molecule has 0 spiro atoms. The van der Waals surface area contributed by atoms with Crippen LogP contribution in [0.3, 0.4) is 0 Å². The molecule has 16 heavy (non-hydrogen) atoms. The first-order valence-electron chi connectivity index (χ1n) is 5.57. The summed E-state index contributed by atoms with van der Waals surface area (Å²) in [5.74, 6) is -0.376. The number of hydrogen-bond acceptors (Lipinski definition) is 4. The van der Waals surface area contributed by atoms with Gasteiger partial charge in [-0.25, -0.2) is 4.98 Å². The lowest BCUT2D eigenvalue weighted by Crippen LogP contribution is -2.13. The Balaban J connectivity index is 1.99. The number of aliphatic hydroxyl groups excluding tert-OH is 1. The van der Waals surface area contributed by atoms with Gasteiger partial charge in [-0.05, 0) is 19.8 Å². The van der Waals surface area contributed by atoms with Gasteiger partial charge in [0.2, 0.25) is 0 Å². The summed E-state index contributed by atoms with van der Waals surface area (Å²) < 4.78 is 6.75. The van der Waals surface area contributed by atoms with Gasteiger partial charge in [0.05, 0.1) is 31.2 Å². The van der Waals surface area contributed by atoms with Crippen LogP contribution in [0.25, 0.3) is 0 Å². The van der Waals surface area contributed by atoms with E-state index < -0.39 is 6.10 Å². The standard InChI is InChI=1S/C11H16N2O3/c1-2-16-11(15)5-10(14)9-6-12-7-13(9)8-3-4-8/h6-8,10,14H,2-5H2,1H3. The molecule has 1 unspecified atom stereocenters. The summed E-state index contributed by atoms with van der Waals surface area (Å²) in [4.78, 5) is 15.2. The van der Waals surface area contributed by atoms with Crippen LogP contribution in [0.4, 0.5) is 0 Å². The fourth-order valence-electron chi connectivity index (χ4n) is 1.71. The van der Waals surface area contributed by atoms with E-state index in [4.69, 9.17) is 4.74 Å². The van der Waals surface area contributed by atoms with E-state index in [-0.39, 0.29) is 12.4 Å². The minimum absolute atomic E-state index is 0.00769. The van der Waals surface area contributed by atoms with Crippen LogP contribution in [0.15, 0.2) is 12.5 Å². The molecule has 5 heteroatoms. The van der Waals surface area contributed by atoms with E-state index >= 15 is 0 Å². The highest BCUT2D eigenvalue weighted by molar-refractivity contribution is 5.70. The van der Waals surface area contributed by atoms with Crippen molar-refractivity contribution >= 4 is 5.97 Å². The Hall–Kier alpha value is -1.36. The van der Waals surface area contributed by atoms with Crippen molar-refractivity contribution in [3.8, 4) is 0 Å². The van der Waals surface area contributed by atoms with Crippen molar-refractivity contribution in [3.05, 3.63) is 18.2 Å². The number of aromatic nitrogens is 2. The number of ether oxygens (including phenoxy) is 1. The molecule has 1 atom stereocenters. The van der Waals surface area contributed by atoms with E-state index in [2.05, 4.69) is 4.98 Å². The molecular formula is C11H16N2O3. The van der Waals surface area contributed by atoms with Crippen molar-refractivity contribution in [2.75, 3.05) is 6.61 Å². The maximum atomic E-state index is 11.2. The number of aliphatic hydroxyl groups is 1. The molecule has 88 valence electrons. The first-order chi connectivity index (χ1) is 7.72. The second kappa shape index (κ2) is 4.65. The Morgan fingerprint density at radius 2 is 2.50 bits per heavy atom. The van der Waals surface area contributed by atoms with Gasteiger partial charge < -0.3 is 14.4 Å². The summed E-state index contributed by atoms with van der Waals surface area (Å²) in [6.07, 6.45) is 4.74. The average Bonchev–Trinajstić information content (AvgIpc) is 2.96. The molecule has 2 rings (SSSR count). The van der Waals surface area contributed by atoms with Crippen molar-refractivity contribution in [2.24, 2.45) is 0 Å². The van der Waals surface area contributed by atoms with Gasteiger partial charge in [0.15, 0.2) is 0 Å². The van der Waals surface area contributed by atoms with Crippen LogP contribution in [0.5, 0.6) is 0 Å². The number of imidazole rings is 1. The van der Waals surface area contributed by atoms with Gasteiger partial charge in [-0.3, -0.25) is 4.79 Å². The summed E-state index contributed by atoms with van der Waals surface area (Å²) in [7, 11) is 0. The lowest BCUT2D eigenvalue weighted by molar-refractivity contribution is -0.145. The Bertz CT molecular complexity index is 371. The van der Waals surface area contributed by atoms with Crippen LogP contribution < -0.4 is 0 Å². The van der Waals surface area contributed by atoms with E-state index in [0.29, 0.717) is 18.3 Å². The molecule has 0 amide bonds. The predicted octanol–water partition coefficient (Wildman–Crippen LogP) is 1.20. The zero-order chi connectivity index (χ0) is 11.5. The third-order valence-corrected chi connectivity index (χ3v) is 2.64. The van der Waals surface area contributed by atoms with Crippen LogP contribution in [0.1, 0.15) is 44.0 Å². The molecule has 1 aliphatic rings. The summed E-state index contributed by atoms with van der Waals surface area (Å²) in [6.45, 7) is 2.09. The molecule has 1 aliphatic carbocycles. The van der Waals surface area contributed by atoms with Gasteiger partial charge in [-0.15, -0.1) is 0 Å². The maximum Gasteiger partial charge on any atom is 0.308 e. The molecule has 1 saturated carbocycles. The first kappa shape index (κ1) is 11.1. The third-order valence-electron chi connectivity index (χ3n) is 2.64. The van der Waals surface area contributed by atoms with Crippen molar-refractivity contribution in [2.45, 2.75) is 38.3 Å². The van der Waals surface area contributed by atoms with Gasteiger partial charge >= 0.3 is 5.97 Å². The Morgan fingerprint density at radius 1 is 1.75 bits per heavy atom. The third kappa shape index (κ3) is 2.41. The fourth-order valence-corrected chi connectivity index (χ4v) is 1.71. The van der Waals surface area contributed by atoms with Crippen molar-refractivity contribution in [1.29, 1.82) is 0 Å². The van der Waals surface area contributed by atoms with Crippen LogP contribution in [-0.2, 0) is 9.53 Å². The molecule has 1 heterocycles. The smallest absolute Gasteiger partial charge is 0.308 e. The lowest BCUT2D eigenvalue weighted by atomic mass is 10.2. The minimum Gasteiger partial charge on any atom is -0.466 e. The molecule has 0 aliphatic heterocycles. The number of esters is 1. The molecule has 1 aromatic heterocycles. The quantitative estimate of drug-likeness (QED) is 0.763. The fraction of sp³-hybridized carbons (Fsp3) is 0.636. The van der Waals surface area contributed by atoms with E-state index in [0.717, 1.165) is 12.8 Å². The number of hydrogen-bond donors (Lipinski definition) is 1. The zero-order valence-electron chi connectivity index (χ0n) is 9.30. The summed E-state index contributed by atoms with van der Waals surface area (Å²) in [6, 6.07) is 0.453. The monoisotopic (exact) mass is 224 g/mol. The number of carbonyl (C=O) groups excluding carboxylic acids is 1. The minimum atomic E-state index is -0.817. The second-order valence-corrected chi connectivity index (χ2v) is 3.98. The highest BCUT2D eigenvalue weighted by Gasteiger charge is 2.28. The van der Waals surface area contributed by atoms with Gasteiger partial charge in [-0.2, -0.15) is 0 Å².